The van der Waals surface area contributed by atoms with Crippen molar-refractivity contribution >= 4 is 52.7 Å². The standard InChI is InChI=1S/C23H24ClIN4O/c1-16-8-10-19(24)15-21(16)20(22(26)27-2)11-9-17-6-4-7-18(14-17)23(30)28-12-5-13-29(3)25/h4,6-8,10,14-15H,2,5,12-13,26H2,1,3H3,(H,28,30)/b22-20-. The Morgan fingerprint density at radius 2 is 2.10 bits per heavy atom. The SMILES string of the molecule is C=N/C(N)=C(/C#Cc1cccc(C(=O)NCCCN(C)I)c1)c1cc(Cl)ccc1C. The maximum atomic E-state index is 12.4. The Labute approximate surface area is 196 Å². The molecule has 5 nitrogen and oxygen atoms in total. The van der Waals surface area contributed by atoms with E-state index in [0.717, 1.165) is 24.1 Å². The summed E-state index contributed by atoms with van der Waals surface area (Å²) >= 11 is 8.37. The molecule has 0 saturated heterocycles. The summed E-state index contributed by atoms with van der Waals surface area (Å²) in [5, 5.41) is 3.51. The van der Waals surface area contributed by atoms with Gasteiger partial charge in [0, 0.05) is 52.1 Å². The number of hydrogen-bond donors (Lipinski definition) is 2. The van der Waals surface area contributed by atoms with E-state index < -0.39 is 0 Å². The molecular formula is C23H24ClIN4O. The zero-order valence-electron chi connectivity index (χ0n) is 17.0. The zero-order chi connectivity index (χ0) is 22.1. The second-order valence-electron chi connectivity index (χ2n) is 6.65. The van der Waals surface area contributed by atoms with Crippen LogP contribution in [0.25, 0.3) is 5.57 Å². The van der Waals surface area contributed by atoms with E-state index in [1.807, 2.05) is 32.2 Å². The first kappa shape index (κ1) is 23.9. The van der Waals surface area contributed by atoms with Crippen molar-refractivity contribution in [3.8, 4) is 11.8 Å². The molecule has 0 spiro atoms. The van der Waals surface area contributed by atoms with E-state index in [1.54, 1.807) is 24.3 Å². The first-order chi connectivity index (χ1) is 14.3. The fourth-order valence-electron chi connectivity index (χ4n) is 2.69. The van der Waals surface area contributed by atoms with Gasteiger partial charge in [-0.2, -0.15) is 0 Å². The van der Waals surface area contributed by atoms with Crippen molar-refractivity contribution in [1.82, 2.24) is 8.43 Å². The molecule has 1 amide bonds. The Morgan fingerprint density at radius 1 is 1.33 bits per heavy atom. The highest BCUT2D eigenvalue weighted by Gasteiger charge is 2.09. The predicted molar refractivity (Wildman–Crippen MR) is 134 cm³/mol. The Balaban J connectivity index is 2.25. The minimum atomic E-state index is -0.122. The Morgan fingerprint density at radius 3 is 2.80 bits per heavy atom. The van der Waals surface area contributed by atoms with Crippen molar-refractivity contribution in [3.63, 3.8) is 0 Å². The molecule has 0 atom stereocenters. The molecule has 2 rings (SSSR count). The maximum Gasteiger partial charge on any atom is 0.251 e. The number of rotatable bonds is 7. The van der Waals surface area contributed by atoms with Gasteiger partial charge in [0.05, 0.1) is 5.57 Å². The summed E-state index contributed by atoms with van der Waals surface area (Å²) in [5.74, 6) is 6.25. The van der Waals surface area contributed by atoms with Crippen LogP contribution < -0.4 is 11.1 Å². The van der Waals surface area contributed by atoms with Gasteiger partial charge in [-0.1, -0.05) is 35.6 Å². The lowest BCUT2D eigenvalue weighted by molar-refractivity contribution is 0.0953. The number of hydrogen-bond acceptors (Lipinski definition) is 4. The van der Waals surface area contributed by atoms with Crippen molar-refractivity contribution in [2.24, 2.45) is 10.7 Å². The van der Waals surface area contributed by atoms with Crippen molar-refractivity contribution < 1.29 is 4.79 Å². The van der Waals surface area contributed by atoms with Crippen LogP contribution in [0.1, 0.15) is 33.5 Å². The van der Waals surface area contributed by atoms with E-state index in [1.165, 1.54) is 0 Å². The van der Waals surface area contributed by atoms with Crippen molar-refractivity contribution in [3.05, 3.63) is 75.6 Å². The quantitative estimate of drug-likeness (QED) is 0.182. The van der Waals surface area contributed by atoms with Gasteiger partial charge in [-0.15, -0.1) is 0 Å². The van der Waals surface area contributed by atoms with Gasteiger partial charge in [-0.3, -0.25) is 7.91 Å². The normalized spacial score (nSPS) is 11.4. The minimum absolute atomic E-state index is 0.122. The molecule has 2 aromatic rings. The molecule has 156 valence electrons. The zero-order valence-corrected chi connectivity index (χ0v) is 19.9. The fraction of sp³-hybridized carbons (Fsp3) is 0.217. The highest BCUT2D eigenvalue weighted by atomic mass is 127. The smallest absolute Gasteiger partial charge is 0.251 e. The van der Waals surface area contributed by atoms with Crippen molar-refractivity contribution in [2.75, 3.05) is 20.1 Å². The number of aliphatic imine (C=N–C) groups is 1. The minimum Gasteiger partial charge on any atom is -0.383 e. The lowest BCUT2D eigenvalue weighted by Crippen LogP contribution is -2.26. The van der Waals surface area contributed by atoms with Crippen LogP contribution in [0.4, 0.5) is 0 Å². The number of carbonyl (C=O) groups excluding carboxylic acids is 1. The van der Waals surface area contributed by atoms with Crippen LogP contribution in [-0.2, 0) is 0 Å². The average Bonchev–Trinajstić information content (AvgIpc) is 2.73. The summed E-state index contributed by atoms with van der Waals surface area (Å²) < 4.78 is 2.05. The van der Waals surface area contributed by atoms with E-state index >= 15 is 0 Å². The van der Waals surface area contributed by atoms with Gasteiger partial charge in [-0.25, -0.2) is 4.99 Å². The van der Waals surface area contributed by atoms with Crippen LogP contribution in [0.2, 0.25) is 5.02 Å². The third kappa shape index (κ3) is 7.17. The second kappa shape index (κ2) is 11.7. The summed E-state index contributed by atoms with van der Waals surface area (Å²) in [7, 11) is 1.99. The van der Waals surface area contributed by atoms with Crippen LogP contribution in [0.5, 0.6) is 0 Å². The Kier molecular flexibility index (Phi) is 9.37. The van der Waals surface area contributed by atoms with Crippen molar-refractivity contribution in [2.45, 2.75) is 13.3 Å². The highest BCUT2D eigenvalue weighted by Crippen LogP contribution is 2.24. The summed E-state index contributed by atoms with van der Waals surface area (Å²) in [4.78, 5) is 16.2. The highest BCUT2D eigenvalue weighted by molar-refractivity contribution is 14.1. The monoisotopic (exact) mass is 534 g/mol. The van der Waals surface area contributed by atoms with Crippen LogP contribution in [0.15, 0.2) is 53.3 Å². The summed E-state index contributed by atoms with van der Waals surface area (Å²) in [5.41, 5.74) is 9.61. The molecular weight excluding hydrogens is 511 g/mol. The van der Waals surface area contributed by atoms with Gasteiger partial charge in [0.25, 0.3) is 5.91 Å². The third-order valence-corrected chi connectivity index (χ3v) is 5.00. The van der Waals surface area contributed by atoms with E-state index in [4.69, 9.17) is 17.3 Å². The molecule has 30 heavy (non-hydrogen) atoms. The third-order valence-electron chi connectivity index (χ3n) is 4.28. The molecule has 0 saturated carbocycles. The van der Waals surface area contributed by atoms with Gasteiger partial charge in [0.2, 0.25) is 0 Å². The van der Waals surface area contributed by atoms with Gasteiger partial charge in [0.15, 0.2) is 0 Å². The first-order valence-electron chi connectivity index (χ1n) is 9.32. The molecule has 0 heterocycles. The Hall–Kier alpha value is -2.34. The number of aryl methyl sites for hydroxylation is 1. The first-order valence-corrected chi connectivity index (χ1v) is 10.7. The molecule has 0 aliphatic heterocycles. The van der Waals surface area contributed by atoms with Crippen LogP contribution >= 0.6 is 34.5 Å². The largest absolute Gasteiger partial charge is 0.383 e. The fourth-order valence-corrected chi connectivity index (χ4v) is 3.20. The van der Waals surface area contributed by atoms with Gasteiger partial charge in [0.1, 0.15) is 5.82 Å². The molecule has 0 bridgehead atoms. The number of carbonyl (C=O) groups is 1. The summed E-state index contributed by atoms with van der Waals surface area (Å²) in [6, 6.07) is 12.7. The lowest BCUT2D eigenvalue weighted by Gasteiger charge is -2.08. The average molecular weight is 535 g/mol. The van der Waals surface area contributed by atoms with E-state index in [0.29, 0.717) is 28.3 Å². The number of nitrogens with two attached hydrogens (primary N) is 1. The van der Waals surface area contributed by atoms with Gasteiger partial charge < -0.3 is 11.1 Å². The molecule has 3 N–H and O–H groups in total. The molecule has 0 aliphatic rings. The molecule has 0 aromatic heterocycles. The second-order valence-corrected chi connectivity index (χ2v) is 8.73. The van der Waals surface area contributed by atoms with Crippen molar-refractivity contribution in [1.29, 1.82) is 0 Å². The lowest BCUT2D eigenvalue weighted by atomic mass is 10.00. The molecule has 2 aromatic carbocycles. The number of halogens is 2. The number of allylic oxidation sites excluding steroid dienone is 1. The number of nitrogens with one attached hydrogen (secondary N) is 1. The van der Waals surface area contributed by atoms with E-state index in [-0.39, 0.29) is 11.7 Å². The molecule has 0 fully saturated rings. The molecule has 0 unspecified atom stereocenters. The number of nitrogens with zero attached hydrogens (tertiary/aromatic N) is 2. The Bertz CT molecular complexity index is 1020. The van der Waals surface area contributed by atoms with Gasteiger partial charge >= 0.3 is 0 Å². The van der Waals surface area contributed by atoms with Crippen LogP contribution in [0, 0.1) is 18.8 Å². The summed E-state index contributed by atoms with van der Waals surface area (Å²) in [6.07, 6.45) is 0.881. The van der Waals surface area contributed by atoms with E-state index in [2.05, 4.69) is 54.8 Å². The number of amides is 1. The molecule has 0 radical (unpaired) electrons. The van der Waals surface area contributed by atoms with E-state index in [9.17, 15) is 4.79 Å². The predicted octanol–water partition coefficient (Wildman–Crippen LogP) is 4.43. The molecule has 0 aliphatic carbocycles. The van der Waals surface area contributed by atoms with Crippen LogP contribution in [-0.4, -0.2) is 35.9 Å². The maximum absolute atomic E-state index is 12.4. The summed E-state index contributed by atoms with van der Waals surface area (Å²) in [6.45, 7) is 6.98. The number of benzene rings is 2. The molecule has 7 heteroatoms. The van der Waals surface area contributed by atoms with Gasteiger partial charge in [-0.05, 0) is 68.6 Å². The topological polar surface area (TPSA) is 70.7 Å². The van der Waals surface area contributed by atoms with Crippen LogP contribution in [0.3, 0.4) is 0 Å².